The van der Waals surface area contributed by atoms with Crippen molar-refractivity contribution < 1.29 is 14.7 Å². The molecule has 0 saturated carbocycles. The number of amides is 2. The molecule has 0 fully saturated rings. The van der Waals surface area contributed by atoms with Crippen LogP contribution < -0.4 is 5.32 Å². The minimum absolute atomic E-state index is 0.0360. The molecule has 0 aromatic heterocycles. The SMILES string of the molecule is CCCN(C)C(=O)NCCC(=O)O. The van der Waals surface area contributed by atoms with Gasteiger partial charge in [-0.2, -0.15) is 0 Å². The first-order chi connectivity index (χ1) is 6.07. The molecule has 0 aliphatic carbocycles. The van der Waals surface area contributed by atoms with Gasteiger partial charge in [0.05, 0.1) is 6.42 Å². The molecule has 0 rings (SSSR count). The molecule has 2 N–H and O–H groups in total. The summed E-state index contributed by atoms with van der Waals surface area (Å²) in [4.78, 5) is 22.8. The lowest BCUT2D eigenvalue weighted by molar-refractivity contribution is -0.136. The molecule has 0 spiro atoms. The van der Waals surface area contributed by atoms with Gasteiger partial charge in [0.1, 0.15) is 0 Å². The highest BCUT2D eigenvalue weighted by Gasteiger charge is 2.06. The average molecular weight is 188 g/mol. The second-order valence-electron chi connectivity index (χ2n) is 2.80. The fraction of sp³-hybridized carbons (Fsp3) is 0.750. The summed E-state index contributed by atoms with van der Waals surface area (Å²) in [5.41, 5.74) is 0. The fourth-order valence-corrected chi connectivity index (χ4v) is 0.848. The Morgan fingerprint density at radius 3 is 2.54 bits per heavy atom. The number of nitrogens with one attached hydrogen (secondary N) is 1. The van der Waals surface area contributed by atoms with Gasteiger partial charge >= 0.3 is 12.0 Å². The molecule has 0 atom stereocenters. The molecule has 0 aliphatic heterocycles. The van der Waals surface area contributed by atoms with Crippen LogP contribution in [0.5, 0.6) is 0 Å². The summed E-state index contributed by atoms with van der Waals surface area (Å²) >= 11 is 0. The summed E-state index contributed by atoms with van der Waals surface area (Å²) in [6, 6.07) is -0.219. The van der Waals surface area contributed by atoms with Crippen molar-refractivity contribution in [1.29, 1.82) is 0 Å². The van der Waals surface area contributed by atoms with Gasteiger partial charge in [-0.15, -0.1) is 0 Å². The van der Waals surface area contributed by atoms with Gasteiger partial charge in [0.25, 0.3) is 0 Å². The van der Waals surface area contributed by atoms with Crippen LogP contribution in [0.3, 0.4) is 0 Å². The molecule has 0 saturated heterocycles. The van der Waals surface area contributed by atoms with Crippen LogP contribution in [-0.4, -0.2) is 42.1 Å². The maximum absolute atomic E-state index is 11.1. The Labute approximate surface area is 77.7 Å². The Kier molecular flexibility index (Phi) is 5.67. The van der Waals surface area contributed by atoms with Crippen molar-refractivity contribution in [2.45, 2.75) is 19.8 Å². The predicted molar refractivity (Wildman–Crippen MR) is 48.6 cm³/mol. The molecule has 13 heavy (non-hydrogen) atoms. The van der Waals surface area contributed by atoms with Crippen molar-refractivity contribution in [2.75, 3.05) is 20.1 Å². The molecular weight excluding hydrogens is 172 g/mol. The number of aliphatic carboxylic acids is 1. The Bertz CT molecular complexity index is 182. The van der Waals surface area contributed by atoms with Crippen molar-refractivity contribution in [2.24, 2.45) is 0 Å². The van der Waals surface area contributed by atoms with E-state index in [4.69, 9.17) is 5.11 Å². The molecule has 0 aliphatic rings. The summed E-state index contributed by atoms with van der Waals surface area (Å²) in [6.45, 7) is 2.84. The predicted octanol–water partition coefficient (Wildman–Crippen LogP) is 0.512. The van der Waals surface area contributed by atoms with Gasteiger partial charge in [0.15, 0.2) is 0 Å². The van der Waals surface area contributed by atoms with Gasteiger partial charge < -0.3 is 15.3 Å². The first-order valence-electron chi connectivity index (χ1n) is 4.28. The largest absolute Gasteiger partial charge is 0.481 e. The minimum Gasteiger partial charge on any atom is -0.481 e. The molecule has 5 nitrogen and oxygen atoms in total. The number of carboxylic acid groups (broad SMARTS) is 1. The van der Waals surface area contributed by atoms with E-state index in [1.165, 1.54) is 4.90 Å². The van der Waals surface area contributed by atoms with Crippen LogP contribution in [0.2, 0.25) is 0 Å². The van der Waals surface area contributed by atoms with E-state index < -0.39 is 5.97 Å². The first kappa shape index (κ1) is 11.7. The molecule has 0 aromatic rings. The maximum atomic E-state index is 11.1. The van der Waals surface area contributed by atoms with Crippen LogP contribution in [0, 0.1) is 0 Å². The zero-order chi connectivity index (χ0) is 10.3. The Balaban J connectivity index is 3.55. The fourth-order valence-electron chi connectivity index (χ4n) is 0.848. The highest BCUT2D eigenvalue weighted by Crippen LogP contribution is 1.87. The third kappa shape index (κ3) is 5.95. The summed E-state index contributed by atoms with van der Waals surface area (Å²) in [5, 5.41) is 10.8. The second kappa shape index (κ2) is 6.28. The van der Waals surface area contributed by atoms with E-state index in [2.05, 4.69) is 5.32 Å². The van der Waals surface area contributed by atoms with Crippen molar-refractivity contribution in [3.63, 3.8) is 0 Å². The quantitative estimate of drug-likeness (QED) is 0.660. The molecule has 0 bridgehead atoms. The van der Waals surface area contributed by atoms with Gasteiger partial charge in [0.2, 0.25) is 0 Å². The summed E-state index contributed by atoms with van der Waals surface area (Å²) in [6.07, 6.45) is 0.856. The minimum atomic E-state index is -0.904. The third-order valence-corrected chi connectivity index (χ3v) is 1.52. The van der Waals surface area contributed by atoms with Gasteiger partial charge in [-0.1, -0.05) is 6.92 Å². The standard InChI is InChI=1S/C8H16N2O3/c1-3-6-10(2)8(13)9-5-4-7(11)12/h3-6H2,1-2H3,(H,9,13)(H,11,12). The van der Waals surface area contributed by atoms with E-state index in [1.807, 2.05) is 6.92 Å². The lowest BCUT2D eigenvalue weighted by Gasteiger charge is -2.16. The molecular formula is C8H16N2O3. The van der Waals surface area contributed by atoms with Gasteiger partial charge in [0, 0.05) is 20.1 Å². The monoisotopic (exact) mass is 188 g/mol. The number of hydrogen-bond acceptors (Lipinski definition) is 2. The van der Waals surface area contributed by atoms with Crippen molar-refractivity contribution in [3.8, 4) is 0 Å². The number of rotatable bonds is 5. The molecule has 0 unspecified atom stereocenters. The van der Waals surface area contributed by atoms with Crippen molar-refractivity contribution >= 4 is 12.0 Å². The van der Waals surface area contributed by atoms with E-state index in [-0.39, 0.29) is 19.0 Å². The normalized spacial score (nSPS) is 9.38. The van der Waals surface area contributed by atoms with Crippen LogP contribution in [0.25, 0.3) is 0 Å². The van der Waals surface area contributed by atoms with Crippen LogP contribution in [0.15, 0.2) is 0 Å². The molecule has 76 valence electrons. The maximum Gasteiger partial charge on any atom is 0.317 e. The highest BCUT2D eigenvalue weighted by molar-refractivity contribution is 5.74. The van der Waals surface area contributed by atoms with Crippen molar-refractivity contribution in [1.82, 2.24) is 10.2 Å². The van der Waals surface area contributed by atoms with Gasteiger partial charge in [-0.3, -0.25) is 4.79 Å². The van der Waals surface area contributed by atoms with Crippen LogP contribution in [0.1, 0.15) is 19.8 Å². The van der Waals surface area contributed by atoms with Crippen LogP contribution in [0.4, 0.5) is 4.79 Å². The Hall–Kier alpha value is -1.26. The van der Waals surface area contributed by atoms with E-state index >= 15 is 0 Å². The Morgan fingerprint density at radius 1 is 1.46 bits per heavy atom. The Morgan fingerprint density at radius 2 is 2.08 bits per heavy atom. The molecule has 0 heterocycles. The number of urea groups is 1. The van der Waals surface area contributed by atoms with Crippen molar-refractivity contribution in [3.05, 3.63) is 0 Å². The first-order valence-corrected chi connectivity index (χ1v) is 4.28. The van der Waals surface area contributed by atoms with E-state index in [0.29, 0.717) is 6.54 Å². The number of carbonyl (C=O) groups excluding carboxylic acids is 1. The molecule has 0 radical (unpaired) electrons. The van der Waals surface area contributed by atoms with E-state index in [1.54, 1.807) is 7.05 Å². The summed E-state index contributed by atoms with van der Waals surface area (Å²) < 4.78 is 0. The smallest absolute Gasteiger partial charge is 0.317 e. The second-order valence-corrected chi connectivity index (χ2v) is 2.80. The van der Waals surface area contributed by atoms with E-state index in [0.717, 1.165) is 6.42 Å². The zero-order valence-corrected chi connectivity index (χ0v) is 8.04. The third-order valence-electron chi connectivity index (χ3n) is 1.52. The molecule has 5 heteroatoms. The summed E-state index contributed by atoms with van der Waals surface area (Å²) in [5.74, 6) is -0.904. The van der Waals surface area contributed by atoms with Crippen LogP contribution in [-0.2, 0) is 4.79 Å². The zero-order valence-electron chi connectivity index (χ0n) is 8.04. The van der Waals surface area contributed by atoms with Gasteiger partial charge in [-0.05, 0) is 6.42 Å². The summed E-state index contributed by atoms with van der Waals surface area (Å²) in [7, 11) is 1.68. The average Bonchev–Trinajstić information content (AvgIpc) is 2.04. The van der Waals surface area contributed by atoms with Crippen LogP contribution >= 0.6 is 0 Å². The lowest BCUT2D eigenvalue weighted by atomic mass is 10.4. The number of nitrogens with zero attached hydrogens (tertiary/aromatic N) is 1. The topological polar surface area (TPSA) is 69.6 Å². The van der Waals surface area contributed by atoms with Gasteiger partial charge in [-0.25, -0.2) is 4.79 Å². The highest BCUT2D eigenvalue weighted by atomic mass is 16.4. The van der Waals surface area contributed by atoms with E-state index in [9.17, 15) is 9.59 Å². The number of carboxylic acids is 1. The molecule has 2 amide bonds. The molecule has 0 aromatic carbocycles. The lowest BCUT2D eigenvalue weighted by Crippen LogP contribution is -2.38. The number of hydrogen-bond donors (Lipinski definition) is 2. The number of carbonyl (C=O) groups is 2.